The molecule has 0 aliphatic carbocycles. The zero-order valence-corrected chi connectivity index (χ0v) is 20.9. The predicted octanol–water partition coefficient (Wildman–Crippen LogP) is 0.394. The number of nitrogens with zero attached hydrogens (tertiary/aromatic N) is 4. The molecule has 2 rings (SSSR count). The number of carboxylic acid groups (broad SMARTS) is 1. The monoisotopic (exact) mass is 516 g/mol. The van der Waals surface area contributed by atoms with E-state index in [4.69, 9.17) is 18.1 Å². The molecule has 10 nitrogen and oxygen atoms in total. The number of rotatable bonds is 7. The normalized spacial score (nSPS) is 11.7. The van der Waals surface area contributed by atoms with Crippen molar-refractivity contribution in [1.82, 2.24) is 9.13 Å². The standard InChI is InChI=1S/C10H19N2.C6H11N2.C3H6O3.CHF3O3S/c1-3-4-5-6-7-12-9-8-11(2)10-12;1-3-8-5-4-7(2)6-8;1-2(4)3(5)6;2-1(3,4)8(5,6)7/h8-10H,3-7H2,1-2H3;4-6H,3H2,1-2H3;2,4H,1H3,(H,5,6);(H,5,6,7)/q2*+1;;/p-2. The summed E-state index contributed by atoms with van der Waals surface area (Å²) in [7, 11) is -2.01. The molecule has 1 N–H and O–H groups in total. The maximum absolute atomic E-state index is 10.7. The van der Waals surface area contributed by atoms with Crippen LogP contribution in [0.15, 0.2) is 37.4 Å². The molecule has 1 atom stereocenters. The molecule has 198 valence electrons. The van der Waals surface area contributed by atoms with Gasteiger partial charge in [-0.2, -0.15) is 13.2 Å². The Morgan fingerprint density at radius 2 is 1.44 bits per heavy atom. The molecular formula is C20H35F3N4O6S. The van der Waals surface area contributed by atoms with Crippen LogP contribution in [0, 0.1) is 0 Å². The molecule has 2 heterocycles. The molecule has 0 saturated heterocycles. The van der Waals surface area contributed by atoms with E-state index >= 15 is 0 Å². The van der Waals surface area contributed by atoms with Crippen molar-refractivity contribution in [2.45, 2.75) is 71.2 Å². The summed E-state index contributed by atoms with van der Waals surface area (Å²) >= 11 is 0. The van der Waals surface area contributed by atoms with Gasteiger partial charge in [-0.1, -0.05) is 19.8 Å². The fourth-order valence-electron chi connectivity index (χ4n) is 2.04. The number of carbonyl (C=O) groups is 1. The van der Waals surface area contributed by atoms with Crippen molar-refractivity contribution in [3.8, 4) is 0 Å². The Labute approximate surface area is 198 Å². The van der Waals surface area contributed by atoms with Crippen molar-refractivity contribution >= 4 is 16.1 Å². The SMILES string of the molecule is CC(O)C(=O)[O-].CCCCCCn1cc[n+](C)c1.CCn1cc[n+](C)c1.O=S(=O)([O-])C(F)(F)F. The predicted molar refractivity (Wildman–Crippen MR) is 113 cm³/mol. The number of unbranched alkanes of at least 4 members (excludes halogenated alkanes) is 3. The van der Waals surface area contributed by atoms with Crippen molar-refractivity contribution < 1.29 is 50.3 Å². The van der Waals surface area contributed by atoms with Gasteiger partial charge in [0, 0.05) is 0 Å². The van der Waals surface area contributed by atoms with Crippen LogP contribution in [0.25, 0.3) is 0 Å². The maximum Gasteiger partial charge on any atom is 0.485 e. The summed E-state index contributed by atoms with van der Waals surface area (Å²) in [6.07, 6.45) is 16.5. The highest BCUT2D eigenvalue weighted by atomic mass is 32.2. The first-order valence-electron chi connectivity index (χ1n) is 10.5. The van der Waals surface area contributed by atoms with Gasteiger partial charge >= 0.3 is 5.51 Å². The second-order valence-corrected chi connectivity index (χ2v) is 8.55. The van der Waals surface area contributed by atoms with Crippen molar-refractivity contribution in [1.29, 1.82) is 0 Å². The first-order valence-corrected chi connectivity index (χ1v) is 11.9. The molecule has 0 radical (unpaired) electrons. The third kappa shape index (κ3) is 18.0. The topological polar surface area (TPSA) is 135 Å². The molecule has 2 aromatic heterocycles. The first kappa shape index (κ1) is 33.7. The van der Waals surface area contributed by atoms with Gasteiger partial charge < -0.3 is 19.6 Å². The van der Waals surface area contributed by atoms with Crippen LogP contribution in [0.3, 0.4) is 0 Å². The van der Waals surface area contributed by atoms with Crippen LogP contribution in [0.4, 0.5) is 13.2 Å². The van der Waals surface area contributed by atoms with E-state index in [2.05, 4.69) is 65.8 Å². The van der Waals surface area contributed by atoms with Crippen molar-refractivity contribution in [3.05, 3.63) is 37.4 Å². The fourth-order valence-corrected chi connectivity index (χ4v) is 2.04. The molecule has 0 fully saturated rings. The number of imidazole rings is 2. The van der Waals surface area contributed by atoms with Gasteiger partial charge in [-0.25, -0.2) is 26.7 Å². The summed E-state index contributed by atoms with van der Waals surface area (Å²) in [5.74, 6) is -1.44. The van der Waals surface area contributed by atoms with E-state index in [0.717, 1.165) is 13.5 Å². The van der Waals surface area contributed by atoms with E-state index in [-0.39, 0.29) is 0 Å². The van der Waals surface area contributed by atoms with Gasteiger partial charge in [-0.15, -0.1) is 0 Å². The number of carbonyl (C=O) groups excluding carboxylic acids is 1. The van der Waals surface area contributed by atoms with Crippen LogP contribution >= 0.6 is 0 Å². The van der Waals surface area contributed by atoms with E-state index < -0.39 is 27.7 Å². The van der Waals surface area contributed by atoms with Gasteiger partial charge in [-0.3, -0.25) is 0 Å². The minimum Gasteiger partial charge on any atom is -0.741 e. The van der Waals surface area contributed by atoms with Gasteiger partial charge in [0.25, 0.3) is 0 Å². The zero-order valence-electron chi connectivity index (χ0n) is 20.1. The Kier molecular flexibility index (Phi) is 16.9. The van der Waals surface area contributed by atoms with Gasteiger partial charge in [0.2, 0.25) is 12.7 Å². The average molecular weight is 517 g/mol. The molecule has 0 aliphatic heterocycles. The van der Waals surface area contributed by atoms with Crippen LogP contribution in [-0.2, 0) is 42.1 Å². The Bertz CT molecular complexity index is 912. The van der Waals surface area contributed by atoms with Gasteiger partial charge in [0.15, 0.2) is 10.1 Å². The summed E-state index contributed by atoms with van der Waals surface area (Å²) in [6.45, 7) is 7.73. The molecule has 0 spiro atoms. The molecule has 0 saturated carbocycles. The number of aliphatic hydroxyl groups excluding tert-OH is 1. The van der Waals surface area contributed by atoms with Gasteiger partial charge in [-0.05, 0) is 26.7 Å². The first-order chi connectivity index (χ1) is 15.5. The highest BCUT2D eigenvalue weighted by molar-refractivity contribution is 7.86. The van der Waals surface area contributed by atoms with Crippen LogP contribution in [0.5, 0.6) is 0 Å². The molecule has 2 aromatic rings. The summed E-state index contributed by atoms with van der Waals surface area (Å²) in [5.41, 5.74) is -5.65. The second kappa shape index (κ2) is 17.1. The third-order valence-corrected chi connectivity index (χ3v) is 4.47. The van der Waals surface area contributed by atoms with Crippen molar-refractivity contribution in [2.24, 2.45) is 14.1 Å². The quantitative estimate of drug-likeness (QED) is 0.245. The minimum atomic E-state index is -6.09. The van der Waals surface area contributed by atoms with Crippen LogP contribution in [0.1, 0.15) is 46.5 Å². The summed E-state index contributed by atoms with van der Waals surface area (Å²) in [5, 5.41) is 17.3. The lowest BCUT2D eigenvalue weighted by atomic mass is 10.2. The minimum absolute atomic E-state index is 1.06. The lowest BCUT2D eigenvalue weighted by Gasteiger charge is -2.08. The Balaban J connectivity index is 0. The van der Waals surface area contributed by atoms with E-state index in [1.165, 1.54) is 32.2 Å². The molecule has 0 aliphatic rings. The van der Waals surface area contributed by atoms with Gasteiger partial charge in [0.1, 0.15) is 24.8 Å². The summed E-state index contributed by atoms with van der Waals surface area (Å²) in [4.78, 5) is 9.34. The number of aliphatic hydroxyl groups is 1. The lowest BCUT2D eigenvalue weighted by Crippen LogP contribution is -2.32. The Morgan fingerprint density at radius 1 is 1.03 bits per heavy atom. The highest BCUT2D eigenvalue weighted by Gasteiger charge is 2.36. The highest BCUT2D eigenvalue weighted by Crippen LogP contribution is 2.20. The number of alkyl halides is 3. The zero-order chi connectivity index (χ0) is 26.9. The van der Waals surface area contributed by atoms with Crippen molar-refractivity contribution in [3.63, 3.8) is 0 Å². The fraction of sp³-hybridized carbons (Fsp3) is 0.650. The average Bonchev–Trinajstić information content (AvgIpc) is 3.33. The number of aliphatic carboxylic acids is 1. The summed E-state index contributed by atoms with van der Waals surface area (Å²) in [6, 6.07) is 0. The van der Waals surface area contributed by atoms with E-state index in [0.29, 0.717) is 0 Å². The molecule has 1 unspecified atom stereocenters. The summed E-state index contributed by atoms with van der Waals surface area (Å²) < 4.78 is 67.4. The van der Waals surface area contributed by atoms with Crippen LogP contribution in [-0.4, -0.2) is 44.8 Å². The largest absolute Gasteiger partial charge is 0.741 e. The van der Waals surface area contributed by atoms with Gasteiger partial charge in [0.05, 0.1) is 39.3 Å². The number of carboxylic acids is 1. The van der Waals surface area contributed by atoms with Crippen LogP contribution < -0.4 is 14.2 Å². The van der Waals surface area contributed by atoms with E-state index in [1.54, 1.807) is 0 Å². The number of hydrogen-bond donors (Lipinski definition) is 1. The molecule has 14 heteroatoms. The van der Waals surface area contributed by atoms with E-state index in [9.17, 15) is 23.1 Å². The molecule has 0 aromatic carbocycles. The molecule has 0 amide bonds. The smallest absolute Gasteiger partial charge is 0.485 e. The van der Waals surface area contributed by atoms with Crippen molar-refractivity contribution in [2.75, 3.05) is 0 Å². The molecular weight excluding hydrogens is 481 g/mol. The molecule has 0 bridgehead atoms. The Morgan fingerprint density at radius 3 is 1.68 bits per heavy atom. The van der Waals surface area contributed by atoms with E-state index in [1.807, 2.05) is 17.8 Å². The van der Waals surface area contributed by atoms with Crippen LogP contribution in [0.2, 0.25) is 0 Å². The number of aryl methyl sites for hydroxylation is 4. The Hall–Kier alpha value is -2.45. The maximum atomic E-state index is 10.7. The lowest BCUT2D eigenvalue weighted by molar-refractivity contribution is -0.671. The third-order valence-electron chi connectivity index (χ3n) is 3.91. The number of aromatic nitrogens is 4. The molecule has 34 heavy (non-hydrogen) atoms. The second-order valence-electron chi connectivity index (χ2n) is 7.18. The number of hydrogen-bond acceptors (Lipinski definition) is 6. The number of halogens is 3.